The smallest absolute Gasteiger partial charge is 0.323 e. The monoisotopic (exact) mass is 230 g/mol. The van der Waals surface area contributed by atoms with Crippen molar-refractivity contribution in [1.82, 2.24) is 3.94 Å². The summed E-state index contributed by atoms with van der Waals surface area (Å²) in [4.78, 5) is 10.5. The zero-order chi connectivity index (χ0) is 10.4. The van der Waals surface area contributed by atoms with Crippen LogP contribution in [0.25, 0.3) is 0 Å². The molecule has 0 saturated carbocycles. The van der Waals surface area contributed by atoms with Gasteiger partial charge in [-0.2, -0.15) is 0 Å². The fourth-order valence-corrected chi connectivity index (χ4v) is 1.13. The molecule has 0 radical (unpaired) electrons. The summed E-state index contributed by atoms with van der Waals surface area (Å²) in [6.07, 6.45) is -0.306. The number of aliphatic hydroxyl groups excluding tert-OH is 1. The van der Waals surface area contributed by atoms with E-state index in [9.17, 15) is 4.79 Å². The lowest BCUT2D eigenvalue weighted by atomic mass is 10.1. The Kier molecular flexibility index (Phi) is 6.36. The Morgan fingerprint density at radius 3 is 2.31 bits per heavy atom. The summed E-state index contributed by atoms with van der Waals surface area (Å²) < 4.78 is 0.561. The van der Waals surface area contributed by atoms with Crippen LogP contribution in [0, 0.1) is 0 Å². The second-order valence-electron chi connectivity index (χ2n) is 2.58. The predicted molar refractivity (Wildman–Crippen MR) is 49.3 cm³/mol. The van der Waals surface area contributed by atoms with Crippen LogP contribution in [0.5, 0.6) is 0 Å². The first-order valence-corrected chi connectivity index (χ1v) is 4.38. The molecule has 0 rings (SSSR count). The lowest BCUT2D eigenvalue weighted by Gasteiger charge is -2.16. The van der Waals surface area contributed by atoms with E-state index in [2.05, 4.69) is 0 Å². The first-order chi connectivity index (χ1) is 5.99. The summed E-state index contributed by atoms with van der Waals surface area (Å²) in [6, 6.07) is -1.01. The lowest BCUT2D eigenvalue weighted by molar-refractivity contribution is -0.140. The van der Waals surface area contributed by atoms with E-state index in [1.165, 1.54) is 0 Å². The molecule has 5 nitrogen and oxygen atoms in total. The predicted octanol–water partition coefficient (Wildman–Crippen LogP) is 0.149. The zero-order valence-electron chi connectivity index (χ0n) is 6.86. The van der Waals surface area contributed by atoms with Crippen LogP contribution in [-0.2, 0) is 4.79 Å². The van der Waals surface area contributed by atoms with Crippen LogP contribution in [-0.4, -0.2) is 38.8 Å². The molecule has 0 aliphatic carbocycles. The summed E-state index contributed by atoms with van der Waals surface area (Å²) >= 11 is 10.5. The molecular weight excluding hydrogens is 219 g/mol. The van der Waals surface area contributed by atoms with E-state index in [0.29, 0.717) is 3.94 Å². The average Bonchev–Trinajstić information content (AvgIpc) is 2.03. The molecule has 0 fully saturated rings. The maximum atomic E-state index is 10.5. The number of carboxylic acid groups (broad SMARTS) is 1. The summed E-state index contributed by atoms with van der Waals surface area (Å²) in [5.74, 6) is -1.13. The number of hydrogen-bond acceptors (Lipinski definition) is 4. The van der Waals surface area contributed by atoms with Crippen molar-refractivity contribution < 1.29 is 15.0 Å². The van der Waals surface area contributed by atoms with Gasteiger partial charge in [0.25, 0.3) is 0 Å². The second kappa shape index (κ2) is 6.39. The normalized spacial score (nSPS) is 15.8. The van der Waals surface area contributed by atoms with E-state index >= 15 is 0 Å². The van der Waals surface area contributed by atoms with Gasteiger partial charge in [-0.1, -0.05) is 0 Å². The van der Waals surface area contributed by atoms with Gasteiger partial charge < -0.3 is 15.9 Å². The molecule has 7 heteroatoms. The highest BCUT2D eigenvalue weighted by molar-refractivity contribution is 6.34. The molecule has 4 N–H and O–H groups in total. The Labute approximate surface area is 86.2 Å². The van der Waals surface area contributed by atoms with Crippen LogP contribution in [0.3, 0.4) is 0 Å². The van der Waals surface area contributed by atoms with Crippen LogP contribution in [0.15, 0.2) is 0 Å². The Morgan fingerprint density at radius 2 is 2.00 bits per heavy atom. The second-order valence-corrected chi connectivity index (χ2v) is 3.48. The standard InChI is InChI=1S/C6H12Cl2N2O3/c7-10(8)5(6(12)13)2-1-4(11)3-9/h4-5,11H,1-3,9H2,(H,12,13)/t4-,5+/m1/s1. The summed E-state index contributed by atoms with van der Waals surface area (Å²) in [5, 5.41) is 17.7. The number of carbonyl (C=O) groups is 1. The largest absolute Gasteiger partial charge is 0.480 e. The lowest BCUT2D eigenvalue weighted by Crippen LogP contribution is -2.31. The third-order valence-corrected chi connectivity index (χ3v) is 2.04. The molecule has 0 aliphatic heterocycles. The van der Waals surface area contributed by atoms with Gasteiger partial charge >= 0.3 is 5.97 Å². The van der Waals surface area contributed by atoms with Crippen LogP contribution in [0.2, 0.25) is 0 Å². The molecular formula is C6H12Cl2N2O3. The van der Waals surface area contributed by atoms with Gasteiger partial charge in [0.1, 0.15) is 6.04 Å². The molecule has 13 heavy (non-hydrogen) atoms. The summed E-state index contributed by atoms with van der Waals surface area (Å²) in [6.45, 7) is 0.0942. The molecule has 0 spiro atoms. The van der Waals surface area contributed by atoms with Crippen molar-refractivity contribution in [3.05, 3.63) is 0 Å². The number of hydrogen-bond donors (Lipinski definition) is 3. The van der Waals surface area contributed by atoms with Gasteiger partial charge in [0.2, 0.25) is 0 Å². The van der Waals surface area contributed by atoms with E-state index < -0.39 is 18.1 Å². The molecule has 0 aromatic rings. The van der Waals surface area contributed by atoms with Crippen molar-refractivity contribution in [1.29, 1.82) is 0 Å². The molecule has 0 aromatic carbocycles. The number of nitrogens with two attached hydrogens (primary N) is 1. The Hall–Kier alpha value is -0.0700. The first kappa shape index (κ1) is 12.9. The zero-order valence-corrected chi connectivity index (χ0v) is 8.37. The number of halogens is 2. The van der Waals surface area contributed by atoms with Crippen LogP contribution in [0.1, 0.15) is 12.8 Å². The minimum Gasteiger partial charge on any atom is -0.480 e. The molecule has 2 atom stereocenters. The third kappa shape index (κ3) is 5.28. The van der Waals surface area contributed by atoms with Crippen molar-refractivity contribution in [2.45, 2.75) is 25.0 Å². The van der Waals surface area contributed by atoms with Gasteiger partial charge in [-0.15, -0.1) is 3.94 Å². The molecule has 0 amide bonds. The van der Waals surface area contributed by atoms with Gasteiger partial charge in [-0.3, -0.25) is 4.79 Å². The van der Waals surface area contributed by atoms with Crippen molar-refractivity contribution in [3.63, 3.8) is 0 Å². The number of carboxylic acids is 1. The van der Waals surface area contributed by atoms with Gasteiger partial charge in [0.15, 0.2) is 0 Å². The van der Waals surface area contributed by atoms with E-state index in [-0.39, 0.29) is 19.4 Å². The summed E-state index contributed by atoms with van der Waals surface area (Å²) in [7, 11) is 0. The number of aliphatic hydroxyl groups is 1. The van der Waals surface area contributed by atoms with E-state index in [0.717, 1.165) is 0 Å². The highest BCUT2D eigenvalue weighted by Gasteiger charge is 2.23. The molecule has 0 unspecified atom stereocenters. The molecule has 0 aliphatic rings. The first-order valence-electron chi connectivity index (χ1n) is 3.70. The Balaban J connectivity index is 3.90. The highest BCUT2D eigenvalue weighted by Crippen LogP contribution is 2.14. The van der Waals surface area contributed by atoms with Crippen LogP contribution < -0.4 is 5.73 Å². The van der Waals surface area contributed by atoms with E-state index in [4.69, 9.17) is 39.5 Å². The third-order valence-electron chi connectivity index (χ3n) is 1.57. The number of nitrogens with zero attached hydrogens (tertiary/aromatic N) is 1. The maximum Gasteiger partial charge on any atom is 0.323 e. The Morgan fingerprint density at radius 1 is 1.46 bits per heavy atom. The minimum atomic E-state index is -1.13. The molecule has 0 heterocycles. The van der Waals surface area contributed by atoms with Gasteiger partial charge in [-0.05, 0) is 36.4 Å². The summed E-state index contributed by atoms with van der Waals surface area (Å²) in [5.41, 5.74) is 5.13. The Bertz CT molecular complexity index is 168. The van der Waals surface area contributed by atoms with Crippen molar-refractivity contribution in [2.24, 2.45) is 5.73 Å². The highest BCUT2D eigenvalue weighted by atomic mass is 35.5. The number of rotatable bonds is 6. The van der Waals surface area contributed by atoms with Gasteiger partial charge in [0.05, 0.1) is 6.10 Å². The maximum absolute atomic E-state index is 10.5. The SMILES string of the molecule is NC[C@H](O)CC[C@@H](C(=O)O)N(Cl)Cl. The van der Waals surface area contributed by atoms with Crippen molar-refractivity contribution in [3.8, 4) is 0 Å². The van der Waals surface area contributed by atoms with Gasteiger partial charge in [-0.25, -0.2) is 0 Å². The van der Waals surface area contributed by atoms with E-state index in [1.807, 2.05) is 0 Å². The average molecular weight is 231 g/mol. The molecule has 0 saturated heterocycles. The van der Waals surface area contributed by atoms with Crippen molar-refractivity contribution >= 4 is 29.5 Å². The van der Waals surface area contributed by atoms with Crippen LogP contribution >= 0.6 is 23.6 Å². The molecule has 78 valence electrons. The number of aliphatic carboxylic acids is 1. The van der Waals surface area contributed by atoms with E-state index in [1.54, 1.807) is 0 Å². The minimum absolute atomic E-state index is 0.0942. The fraction of sp³-hybridized carbons (Fsp3) is 0.833. The fourth-order valence-electron chi connectivity index (χ4n) is 0.773. The van der Waals surface area contributed by atoms with Gasteiger partial charge in [0, 0.05) is 6.54 Å². The topological polar surface area (TPSA) is 86.8 Å². The van der Waals surface area contributed by atoms with Crippen molar-refractivity contribution in [2.75, 3.05) is 6.54 Å². The van der Waals surface area contributed by atoms with Crippen LogP contribution in [0.4, 0.5) is 0 Å². The molecule has 0 aromatic heterocycles. The quantitative estimate of drug-likeness (QED) is 0.566. The molecule has 0 bridgehead atoms.